The molecular weight excluding hydrogens is 266 g/mol. The summed E-state index contributed by atoms with van der Waals surface area (Å²) in [6.45, 7) is 0. The maximum Gasteiger partial charge on any atom is 0.0441 e. The van der Waals surface area contributed by atoms with Gasteiger partial charge in [-0.2, -0.15) is 0 Å². The van der Waals surface area contributed by atoms with Crippen LogP contribution in [0.1, 0.15) is 24.3 Å². The predicted octanol–water partition coefficient (Wildman–Crippen LogP) is 3.84. The molecule has 0 heterocycles. The second kappa shape index (κ2) is 3.90. The molecule has 4 aliphatic rings. The van der Waals surface area contributed by atoms with Crippen LogP contribution in [0.5, 0.6) is 0 Å². The Labute approximate surface area is 125 Å². The summed E-state index contributed by atoms with van der Waals surface area (Å²) in [6.07, 6.45) is 7.69. The quantitative estimate of drug-likeness (QED) is 0.616. The van der Waals surface area contributed by atoms with Crippen molar-refractivity contribution in [2.75, 3.05) is 0 Å². The third-order valence-corrected chi connectivity index (χ3v) is 7.10. The van der Waals surface area contributed by atoms with Gasteiger partial charge in [-0.3, -0.25) is 0 Å². The first-order chi connectivity index (χ1) is 9.75. The first-order valence-corrected chi connectivity index (χ1v) is 8.32. The highest BCUT2D eigenvalue weighted by Crippen LogP contribution is 2.68. The summed E-state index contributed by atoms with van der Waals surface area (Å²) < 4.78 is 0. The van der Waals surface area contributed by atoms with Crippen LogP contribution in [0.4, 0.5) is 0 Å². The lowest BCUT2D eigenvalue weighted by molar-refractivity contribution is 0.164. The van der Waals surface area contributed by atoms with E-state index in [4.69, 9.17) is 17.3 Å². The number of halogens is 1. The summed E-state index contributed by atoms with van der Waals surface area (Å²) in [7, 11) is 0. The lowest BCUT2D eigenvalue weighted by Gasteiger charge is -2.41. The maximum atomic E-state index is 6.67. The zero-order valence-corrected chi connectivity index (χ0v) is 12.2. The number of hydrogen-bond acceptors (Lipinski definition) is 1. The molecule has 3 fully saturated rings. The number of rotatable bonds is 1. The average Bonchev–Trinajstić information content (AvgIpc) is 3.16. The van der Waals surface area contributed by atoms with Crippen molar-refractivity contribution < 1.29 is 0 Å². The van der Waals surface area contributed by atoms with Gasteiger partial charge in [0.1, 0.15) is 0 Å². The van der Waals surface area contributed by atoms with E-state index in [1.165, 1.54) is 18.4 Å². The molecule has 8 atom stereocenters. The van der Waals surface area contributed by atoms with Crippen LogP contribution in [0.25, 0.3) is 0 Å². The molecule has 1 aromatic carbocycles. The van der Waals surface area contributed by atoms with Gasteiger partial charge in [-0.25, -0.2) is 0 Å². The molecule has 2 heteroatoms. The van der Waals surface area contributed by atoms with Gasteiger partial charge in [0, 0.05) is 17.0 Å². The van der Waals surface area contributed by atoms with Crippen LogP contribution in [0.2, 0.25) is 5.02 Å². The fraction of sp³-hybridized carbons (Fsp3) is 0.556. The number of allylic oxidation sites excluding steroid dienone is 2. The fourth-order valence-corrected chi connectivity index (χ4v) is 6.53. The molecule has 0 spiro atoms. The second-order valence-electron chi connectivity index (χ2n) is 7.29. The van der Waals surface area contributed by atoms with Crippen LogP contribution in [-0.2, 0) is 0 Å². The van der Waals surface area contributed by atoms with Crippen molar-refractivity contribution in [3.8, 4) is 0 Å². The van der Waals surface area contributed by atoms with E-state index in [1.54, 1.807) is 0 Å². The summed E-state index contributed by atoms with van der Waals surface area (Å²) in [6, 6.07) is 8.67. The van der Waals surface area contributed by atoms with Gasteiger partial charge in [0.05, 0.1) is 0 Å². The van der Waals surface area contributed by atoms with Gasteiger partial charge in [-0.1, -0.05) is 42.0 Å². The Kier molecular flexibility index (Phi) is 2.30. The van der Waals surface area contributed by atoms with Crippen molar-refractivity contribution in [2.24, 2.45) is 41.2 Å². The Balaban J connectivity index is 1.58. The maximum absolute atomic E-state index is 6.67. The van der Waals surface area contributed by atoms with Crippen LogP contribution >= 0.6 is 11.6 Å². The van der Waals surface area contributed by atoms with E-state index in [1.807, 2.05) is 12.1 Å². The highest BCUT2D eigenvalue weighted by molar-refractivity contribution is 6.31. The average molecular weight is 286 g/mol. The third-order valence-electron chi connectivity index (χ3n) is 6.75. The van der Waals surface area contributed by atoms with Crippen molar-refractivity contribution in [1.29, 1.82) is 0 Å². The zero-order chi connectivity index (χ0) is 13.4. The van der Waals surface area contributed by atoms with Gasteiger partial charge in [0.25, 0.3) is 0 Å². The third kappa shape index (κ3) is 1.29. The molecule has 4 bridgehead atoms. The number of hydrogen-bond donors (Lipinski definition) is 1. The minimum absolute atomic E-state index is 0.314. The van der Waals surface area contributed by atoms with Crippen LogP contribution < -0.4 is 5.73 Å². The normalized spacial score (nSPS) is 50.9. The smallest absolute Gasteiger partial charge is 0.0441 e. The Bertz CT molecular complexity index is 595. The summed E-state index contributed by atoms with van der Waals surface area (Å²) in [5.74, 6) is 5.41. The number of fused-ring (bicyclic) bond motifs is 9. The lowest BCUT2D eigenvalue weighted by Crippen LogP contribution is -2.43. The topological polar surface area (TPSA) is 26.0 Å². The summed E-state index contributed by atoms with van der Waals surface area (Å²) >= 11 is 6.46. The van der Waals surface area contributed by atoms with E-state index in [2.05, 4.69) is 24.3 Å². The molecule has 104 valence electrons. The van der Waals surface area contributed by atoms with E-state index < -0.39 is 0 Å². The standard InChI is InChI=1S/C18H20ClN/c19-14-4-2-1-3-11(14)17-12-8-13(18(17)20)16-10-6-5-9(7-10)15(12)16/h1-6,9-10,12-13,15-18H,7-8,20H2/t9-,10+,12+,13-,15?,16?,17+,18?/m0/s1. The van der Waals surface area contributed by atoms with Crippen LogP contribution in [0.3, 0.4) is 0 Å². The largest absolute Gasteiger partial charge is 0.327 e. The molecular formula is C18H20ClN. The highest BCUT2D eigenvalue weighted by Gasteiger charge is 2.64. The van der Waals surface area contributed by atoms with E-state index >= 15 is 0 Å². The first-order valence-electron chi connectivity index (χ1n) is 7.94. The van der Waals surface area contributed by atoms with Crippen molar-refractivity contribution in [3.05, 3.63) is 47.0 Å². The van der Waals surface area contributed by atoms with E-state index in [0.717, 1.165) is 40.5 Å². The molecule has 1 aromatic rings. The van der Waals surface area contributed by atoms with Gasteiger partial charge in [0.2, 0.25) is 0 Å². The summed E-state index contributed by atoms with van der Waals surface area (Å²) in [5, 5.41) is 0.913. The van der Waals surface area contributed by atoms with Crippen LogP contribution in [0.15, 0.2) is 36.4 Å². The van der Waals surface area contributed by atoms with Crippen molar-refractivity contribution in [1.82, 2.24) is 0 Å². The molecule has 3 saturated carbocycles. The predicted molar refractivity (Wildman–Crippen MR) is 81.5 cm³/mol. The van der Waals surface area contributed by atoms with Gasteiger partial charge in [-0.15, -0.1) is 0 Å². The molecule has 2 N–H and O–H groups in total. The Morgan fingerprint density at radius 2 is 1.65 bits per heavy atom. The monoisotopic (exact) mass is 285 g/mol. The molecule has 1 nitrogen and oxygen atoms in total. The van der Waals surface area contributed by atoms with Gasteiger partial charge in [0.15, 0.2) is 0 Å². The molecule has 3 unspecified atom stereocenters. The molecule has 20 heavy (non-hydrogen) atoms. The van der Waals surface area contributed by atoms with Gasteiger partial charge in [-0.05, 0) is 60.0 Å². The zero-order valence-electron chi connectivity index (χ0n) is 11.5. The van der Waals surface area contributed by atoms with Crippen LogP contribution in [0, 0.1) is 35.5 Å². The van der Waals surface area contributed by atoms with Crippen molar-refractivity contribution in [3.63, 3.8) is 0 Å². The molecule has 5 rings (SSSR count). The minimum Gasteiger partial charge on any atom is -0.327 e. The van der Waals surface area contributed by atoms with E-state index in [9.17, 15) is 0 Å². The molecule has 0 saturated heterocycles. The second-order valence-corrected chi connectivity index (χ2v) is 7.70. The summed E-state index contributed by atoms with van der Waals surface area (Å²) in [5.41, 5.74) is 7.98. The molecule has 4 aliphatic carbocycles. The van der Waals surface area contributed by atoms with Crippen LogP contribution in [-0.4, -0.2) is 6.04 Å². The van der Waals surface area contributed by atoms with Gasteiger partial charge < -0.3 is 5.73 Å². The SMILES string of the molecule is NC1[C@H]2C[C@H](C3C2[C@@H]2C=C[C@H]3C2)[C@H]1c1ccccc1Cl. The Morgan fingerprint density at radius 1 is 0.950 bits per heavy atom. The molecule has 0 aromatic heterocycles. The number of benzene rings is 1. The number of nitrogens with two attached hydrogens (primary N) is 1. The fourth-order valence-electron chi connectivity index (χ4n) is 6.27. The minimum atomic E-state index is 0.314. The van der Waals surface area contributed by atoms with E-state index in [-0.39, 0.29) is 0 Å². The molecule has 0 aliphatic heterocycles. The van der Waals surface area contributed by atoms with Crippen molar-refractivity contribution in [2.45, 2.75) is 24.8 Å². The van der Waals surface area contributed by atoms with E-state index in [0.29, 0.717) is 12.0 Å². The first kappa shape index (κ1) is 11.8. The Hall–Kier alpha value is -0.790. The molecule has 0 radical (unpaired) electrons. The highest BCUT2D eigenvalue weighted by atomic mass is 35.5. The lowest BCUT2D eigenvalue weighted by atomic mass is 9.66. The van der Waals surface area contributed by atoms with Gasteiger partial charge >= 0.3 is 0 Å². The van der Waals surface area contributed by atoms with Crippen molar-refractivity contribution >= 4 is 11.6 Å². The Morgan fingerprint density at radius 3 is 2.40 bits per heavy atom. The summed E-state index contributed by atoms with van der Waals surface area (Å²) in [4.78, 5) is 0. The molecule has 0 amide bonds.